The first-order valence-corrected chi connectivity index (χ1v) is 8.07. The Morgan fingerprint density at radius 3 is 2.77 bits per heavy atom. The van der Waals surface area contributed by atoms with Crippen molar-refractivity contribution in [3.05, 3.63) is 64.5 Å². The summed E-state index contributed by atoms with van der Waals surface area (Å²) in [6.07, 6.45) is 1.01. The molecular weight excluding hydrogens is 296 g/mol. The normalized spacial score (nSPS) is 17.3. The van der Waals surface area contributed by atoms with Crippen LogP contribution in [0.2, 0.25) is 0 Å². The van der Waals surface area contributed by atoms with Gasteiger partial charge in [-0.25, -0.2) is 0 Å². The van der Waals surface area contributed by atoms with Gasteiger partial charge in [0.2, 0.25) is 0 Å². The molecule has 1 atom stereocenters. The van der Waals surface area contributed by atoms with Crippen molar-refractivity contribution in [3.8, 4) is 11.3 Å². The molecule has 1 amide bonds. The highest BCUT2D eigenvalue weighted by molar-refractivity contribution is 7.10. The molecule has 1 unspecified atom stereocenters. The van der Waals surface area contributed by atoms with Crippen LogP contribution >= 0.6 is 11.3 Å². The molecule has 0 saturated carbocycles. The summed E-state index contributed by atoms with van der Waals surface area (Å²) in [6.45, 7) is 0.773. The Kier molecular flexibility index (Phi) is 3.27. The van der Waals surface area contributed by atoms with E-state index in [-0.39, 0.29) is 11.9 Å². The maximum Gasteiger partial charge on any atom is 0.276 e. The van der Waals surface area contributed by atoms with Gasteiger partial charge in [-0.3, -0.25) is 4.79 Å². The molecule has 4 rings (SSSR count). The van der Waals surface area contributed by atoms with E-state index >= 15 is 0 Å². The number of thiophene rings is 1. The van der Waals surface area contributed by atoms with E-state index in [0.29, 0.717) is 11.5 Å². The third-order valence-electron chi connectivity index (χ3n) is 3.94. The standard InChI is InChI=1S/C17H14N2O2S/c20-17(19-9-8-14(19)16-7-4-10-22-16)13-11-15(21-18-13)12-5-2-1-3-6-12/h1-7,10-11,14H,8-9H2. The minimum atomic E-state index is -0.0596. The van der Waals surface area contributed by atoms with Crippen LogP contribution in [-0.4, -0.2) is 22.5 Å². The topological polar surface area (TPSA) is 46.3 Å². The lowest BCUT2D eigenvalue weighted by molar-refractivity contribution is 0.0457. The van der Waals surface area contributed by atoms with Crippen LogP contribution < -0.4 is 0 Å². The fourth-order valence-corrected chi connectivity index (χ4v) is 3.54. The summed E-state index contributed by atoms with van der Waals surface area (Å²) in [5, 5.41) is 5.99. The Bertz CT molecular complexity index is 780. The molecule has 3 heterocycles. The summed E-state index contributed by atoms with van der Waals surface area (Å²) < 4.78 is 5.32. The molecule has 1 aliphatic heterocycles. The summed E-state index contributed by atoms with van der Waals surface area (Å²) in [5.74, 6) is 0.563. The van der Waals surface area contributed by atoms with Crippen molar-refractivity contribution in [3.63, 3.8) is 0 Å². The van der Waals surface area contributed by atoms with E-state index in [1.165, 1.54) is 4.88 Å². The van der Waals surface area contributed by atoms with Crippen LogP contribution in [0.1, 0.15) is 27.8 Å². The molecule has 0 N–H and O–H groups in total. The van der Waals surface area contributed by atoms with E-state index in [1.807, 2.05) is 46.7 Å². The second-order valence-corrected chi connectivity index (χ2v) is 6.24. The van der Waals surface area contributed by atoms with Crippen LogP contribution in [-0.2, 0) is 0 Å². The van der Waals surface area contributed by atoms with Gasteiger partial charge >= 0.3 is 0 Å². The van der Waals surface area contributed by atoms with Gasteiger partial charge in [-0.2, -0.15) is 0 Å². The second-order valence-electron chi connectivity index (χ2n) is 5.26. The minimum absolute atomic E-state index is 0.0596. The molecule has 2 aromatic heterocycles. The predicted molar refractivity (Wildman–Crippen MR) is 84.7 cm³/mol. The molecule has 110 valence electrons. The molecule has 5 heteroatoms. The number of hydrogen-bond donors (Lipinski definition) is 0. The first-order valence-electron chi connectivity index (χ1n) is 7.19. The maximum atomic E-state index is 12.6. The Morgan fingerprint density at radius 2 is 2.09 bits per heavy atom. The van der Waals surface area contributed by atoms with Gasteiger partial charge in [0.25, 0.3) is 5.91 Å². The predicted octanol–water partition coefficient (Wildman–Crippen LogP) is 3.99. The second kappa shape index (κ2) is 5.42. The highest BCUT2D eigenvalue weighted by Crippen LogP contribution is 2.36. The van der Waals surface area contributed by atoms with Crippen LogP contribution in [0.25, 0.3) is 11.3 Å². The number of aromatic nitrogens is 1. The highest BCUT2D eigenvalue weighted by atomic mass is 32.1. The third kappa shape index (κ3) is 2.23. The van der Waals surface area contributed by atoms with Crippen molar-refractivity contribution in [2.45, 2.75) is 12.5 Å². The molecule has 0 aliphatic carbocycles. The lowest BCUT2D eigenvalue weighted by atomic mass is 10.0. The molecule has 0 radical (unpaired) electrons. The van der Waals surface area contributed by atoms with Crippen LogP contribution in [0.4, 0.5) is 0 Å². The van der Waals surface area contributed by atoms with Crippen LogP contribution in [0.15, 0.2) is 58.4 Å². The zero-order valence-corrected chi connectivity index (χ0v) is 12.6. The Balaban J connectivity index is 1.55. The van der Waals surface area contributed by atoms with E-state index in [2.05, 4.69) is 11.2 Å². The maximum absolute atomic E-state index is 12.6. The minimum Gasteiger partial charge on any atom is -0.355 e. The molecular formula is C17H14N2O2S. The van der Waals surface area contributed by atoms with Crippen LogP contribution in [0.3, 0.4) is 0 Å². The van der Waals surface area contributed by atoms with Gasteiger partial charge in [-0.15, -0.1) is 11.3 Å². The summed E-state index contributed by atoms with van der Waals surface area (Å²) in [7, 11) is 0. The number of likely N-dealkylation sites (tertiary alicyclic amines) is 1. The number of carbonyl (C=O) groups is 1. The van der Waals surface area contributed by atoms with Crippen LogP contribution in [0, 0.1) is 0 Å². The van der Waals surface area contributed by atoms with Gasteiger partial charge in [0.15, 0.2) is 11.5 Å². The van der Waals surface area contributed by atoms with E-state index in [4.69, 9.17) is 4.52 Å². The quantitative estimate of drug-likeness (QED) is 0.735. The van der Waals surface area contributed by atoms with Gasteiger partial charge in [-0.05, 0) is 17.9 Å². The SMILES string of the molecule is O=C(c1cc(-c2ccccc2)on1)N1CCC1c1cccs1. The fourth-order valence-electron chi connectivity index (χ4n) is 2.67. The number of hydrogen-bond acceptors (Lipinski definition) is 4. The number of nitrogens with zero attached hydrogens (tertiary/aromatic N) is 2. The first kappa shape index (κ1) is 13.3. The van der Waals surface area contributed by atoms with E-state index in [9.17, 15) is 4.79 Å². The Morgan fingerprint density at radius 1 is 1.23 bits per heavy atom. The van der Waals surface area contributed by atoms with Crippen LogP contribution in [0.5, 0.6) is 0 Å². The number of benzene rings is 1. The Hall–Kier alpha value is -2.40. The zero-order valence-electron chi connectivity index (χ0n) is 11.8. The van der Waals surface area contributed by atoms with E-state index < -0.39 is 0 Å². The molecule has 4 nitrogen and oxygen atoms in total. The van der Waals surface area contributed by atoms with Crippen molar-refractivity contribution in [1.82, 2.24) is 10.1 Å². The molecule has 1 aromatic carbocycles. The summed E-state index contributed by atoms with van der Waals surface area (Å²) in [6, 6.07) is 15.7. The van der Waals surface area contributed by atoms with Gasteiger partial charge in [0.1, 0.15) is 0 Å². The van der Waals surface area contributed by atoms with Crippen molar-refractivity contribution < 1.29 is 9.32 Å². The lowest BCUT2D eigenvalue weighted by Gasteiger charge is -2.39. The monoisotopic (exact) mass is 310 g/mol. The van der Waals surface area contributed by atoms with E-state index in [1.54, 1.807) is 17.4 Å². The highest BCUT2D eigenvalue weighted by Gasteiger charge is 2.35. The molecule has 1 aliphatic rings. The molecule has 22 heavy (non-hydrogen) atoms. The van der Waals surface area contributed by atoms with E-state index in [0.717, 1.165) is 18.5 Å². The molecule has 0 spiro atoms. The number of carbonyl (C=O) groups excluding carboxylic acids is 1. The van der Waals surface area contributed by atoms with Gasteiger partial charge < -0.3 is 9.42 Å². The summed E-state index contributed by atoms with van der Waals surface area (Å²) >= 11 is 1.69. The van der Waals surface area contributed by atoms with Crippen molar-refractivity contribution in [1.29, 1.82) is 0 Å². The number of rotatable bonds is 3. The van der Waals surface area contributed by atoms with Gasteiger partial charge in [-0.1, -0.05) is 41.6 Å². The Labute approximate surface area is 132 Å². The molecule has 0 bridgehead atoms. The largest absolute Gasteiger partial charge is 0.355 e. The molecule has 3 aromatic rings. The molecule has 1 saturated heterocycles. The average molecular weight is 310 g/mol. The van der Waals surface area contributed by atoms with Crippen molar-refractivity contribution in [2.24, 2.45) is 0 Å². The smallest absolute Gasteiger partial charge is 0.276 e. The van der Waals surface area contributed by atoms with Crippen molar-refractivity contribution in [2.75, 3.05) is 6.54 Å². The summed E-state index contributed by atoms with van der Waals surface area (Å²) in [4.78, 5) is 15.7. The zero-order chi connectivity index (χ0) is 14.9. The van der Waals surface area contributed by atoms with Crippen molar-refractivity contribution >= 4 is 17.2 Å². The summed E-state index contributed by atoms with van der Waals surface area (Å²) in [5.41, 5.74) is 1.30. The average Bonchev–Trinajstić information content (AvgIpc) is 3.18. The van der Waals surface area contributed by atoms with Gasteiger partial charge in [0.05, 0.1) is 6.04 Å². The van der Waals surface area contributed by atoms with Gasteiger partial charge in [0, 0.05) is 23.1 Å². The number of amides is 1. The fraction of sp³-hybridized carbons (Fsp3) is 0.176. The third-order valence-corrected chi connectivity index (χ3v) is 4.91. The first-order chi connectivity index (χ1) is 10.8. The molecule has 1 fully saturated rings. The lowest BCUT2D eigenvalue weighted by Crippen LogP contribution is -2.44.